The predicted octanol–water partition coefficient (Wildman–Crippen LogP) is 6.01. The Morgan fingerprint density at radius 1 is 0.941 bits per heavy atom. The average molecular weight is 470 g/mol. The summed E-state index contributed by atoms with van der Waals surface area (Å²) in [6.45, 7) is 4.76. The summed E-state index contributed by atoms with van der Waals surface area (Å²) in [6.07, 6.45) is 3.77. The number of rotatable bonds is 6. The highest BCUT2D eigenvalue weighted by atomic mass is 32.1. The Hall–Kier alpha value is -4.10. The number of amides is 1. The first kappa shape index (κ1) is 23.1. The zero-order chi connectivity index (χ0) is 24.4. The van der Waals surface area contributed by atoms with Gasteiger partial charge in [0.1, 0.15) is 9.71 Å². The van der Waals surface area contributed by atoms with Gasteiger partial charge in [0, 0.05) is 22.2 Å². The van der Waals surface area contributed by atoms with E-state index in [2.05, 4.69) is 10.3 Å². The van der Waals surface area contributed by atoms with Crippen LogP contribution in [-0.2, 0) is 0 Å². The van der Waals surface area contributed by atoms with Gasteiger partial charge in [-0.05, 0) is 56.2 Å². The molecule has 7 heteroatoms. The van der Waals surface area contributed by atoms with Crippen LogP contribution in [0.5, 0.6) is 0 Å². The van der Waals surface area contributed by atoms with E-state index in [0.717, 1.165) is 5.56 Å². The molecule has 3 N–H and O–H groups in total. The fourth-order valence-electron chi connectivity index (χ4n) is 3.80. The van der Waals surface area contributed by atoms with Crippen molar-refractivity contribution in [1.82, 2.24) is 4.98 Å². The van der Waals surface area contributed by atoms with Crippen LogP contribution in [-0.4, -0.2) is 22.5 Å². The van der Waals surface area contributed by atoms with Crippen LogP contribution in [0.25, 0.3) is 22.4 Å². The van der Waals surface area contributed by atoms with Gasteiger partial charge in [-0.25, -0.2) is 4.98 Å². The first-order chi connectivity index (χ1) is 16.3. The van der Waals surface area contributed by atoms with E-state index in [4.69, 9.17) is 5.73 Å². The zero-order valence-electron chi connectivity index (χ0n) is 19.0. The molecule has 0 spiro atoms. The molecule has 0 radical (unpaired) electrons. The number of ketones is 2. The second kappa shape index (κ2) is 9.41. The van der Waals surface area contributed by atoms with Crippen LogP contribution in [0.3, 0.4) is 0 Å². The summed E-state index contributed by atoms with van der Waals surface area (Å²) in [5, 5.41) is 3.41. The van der Waals surface area contributed by atoms with Crippen molar-refractivity contribution < 1.29 is 14.4 Å². The highest BCUT2D eigenvalue weighted by Gasteiger charge is 2.23. The lowest BCUT2D eigenvalue weighted by atomic mass is 9.98. The van der Waals surface area contributed by atoms with Crippen molar-refractivity contribution in [1.29, 1.82) is 0 Å². The third-order valence-electron chi connectivity index (χ3n) is 5.45. The van der Waals surface area contributed by atoms with Crippen molar-refractivity contribution in [2.75, 3.05) is 11.1 Å². The molecule has 0 aliphatic heterocycles. The summed E-state index contributed by atoms with van der Waals surface area (Å²) >= 11 is 1.18. The molecule has 0 bridgehead atoms. The molecule has 1 amide bonds. The molecule has 2 aromatic heterocycles. The van der Waals surface area contributed by atoms with Gasteiger partial charge in [0.05, 0.1) is 11.4 Å². The van der Waals surface area contributed by atoms with Crippen LogP contribution in [0.15, 0.2) is 54.6 Å². The first-order valence-electron chi connectivity index (χ1n) is 10.6. The molecule has 2 aromatic carbocycles. The zero-order valence-corrected chi connectivity index (χ0v) is 19.8. The number of nitrogens with two attached hydrogens (primary N) is 1. The van der Waals surface area contributed by atoms with E-state index >= 15 is 0 Å². The number of Topliss-reactive ketones (excluding diaryl/α,β-unsaturated/α-hetero) is 2. The summed E-state index contributed by atoms with van der Waals surface area (Å²) in [5.41, 5.74) is 10.5. The van der Waals surface area contributed by atoms with E-state index in [9.17, 15) is 14.4 Å². The molecule has 0 fully saturated rings. The fourth-order valence-corrected chi connectivity index (χ4v) is 4.85. The van der Waals surface area contributed by atoms with Crippen molar-refractivity contribution in [2.24, 2.45) is 0 Å². The lowest BCUT2D eigenvalue weighted by Crippen LogP contribution is -2.12. The number of aryl methyl sites for hydroxylation is 1. The molecule has 0 atom stereocenters. The third-order valence-corrected chi connectivity index (χ3v) is 6.54. The van der Waals surface area contributed by atoms with Crippen molar-refractivity contribution in [3.8, 4) is 0 Å². The molecule has 0 saturated heterocycles. The summed E-state index contributed by atoms with van der Waals surface area (Å²) in [5.74, 6) is -0.552. The quantitative estimate of drug-likeness (QED) is 0.336. The molecule has 0 aliphatic rings. The fraction of sp³-hybridized carbons (Fsp3) is 0.111. The summed E-state index contributed by atoms with van der Waals surface area (Å²) < 4.78 is 0. The Bertz CT molecular complexity index is 1450. The van der Waals surface area contributed by atoms with Crippen LogP contribution in [0.2, 0.25) is 0 Å². The maximum Gasteiger partial charge on any atom is 0.267 e. The normalized spacial score (nSPS) is 11.1. The number of fused-ring (bicyclic) bond motifs is 1. The second-order valence-corrected chi connectivity index (χ2v) is 8.90. The van der Waals surface area contributed by atoms with Crippen LogP contribution < -0.4 is 11.1 Å². The number of nitrogens with one attached hydrogen (secondary N) is 1. The first-order valence-corrected chi connectivity index (χ1v) is 11.5. The van der Waals surface area contributed by atoms with Crippen molar-refractivity contribution in [2.45, 2.75) is 20.8 Å². The Morgan fingerprint density at radius 2 is 1.62 bits per heavy atom. The van der Waals surface area contributed by atoms with Gasteiger partial charge in [-0.15, -0.1) is 11.3 Å². The number of thiophene rings is 1. The van der Waals surface area contributed by atoms with Gasteiger partial charge in [-0.1, -0.05) is 42.5 Å². The number of aromatic nitrogens is 1. The lowest BCUT2D eigenvalue weighted by Gasteiger charge is -2.09. The van der Waals surface area contributed by atoms with Gasteiger partial charge >= 0.3 is 0 Å². The van der Waals surface area contributed by atoms with Crippen molar-refractivity contribution >= 4 is 62.6 Å². The van der Waals surface area contributed by atoms with E-state index < -0.39 is 0 Å². The molecule has 4 rings (SSSR count). The Balaban J connectivity index is 1.79. The number of carbonyl (C=O) groups excluding carboxylic acids is 3. The van der Waals surface area contributed by atoms with E-state index in [1.807, 2.05) is 42.5 Å². The minimum absolute atomic E-state index is 0.0505. The number of pyridine rings is 1. The average Bonchev–Trinajstić information content (AvgIpc) is 3.14. The minimum atomic E-state index is -0.379. The van der Waals surface area contributed by atoms with Crippen molar-refractivity contribution in [3.05, 3.63) is 87.4 Å². The predicted molar refractivity (Wildman–Crippen MR) is 139 cm³/mol. The number of anilines is 2. The molecule has 170 valence electrons. The number of nitrogens with zero attached hydrogens (tertiary/aromatic N) is 1. The van der Waals surface area contributed by atoms with Crippen LogP contribution in [0.4, 0.5) is 11.4 Å². The molecule has 0 aliphatic carbocycles. The second-order valence-electron chi connectivity index (χ2n) is 7.90. The molecule has 4 aromatic rings. The SMILES string of the molecule is CC(=O)c1ccc(NC(=O)c2sc3nc(C)c(C(C)=O)c(C=Cc4ccccc4)c3c2N)cc1. The maximum atomic E-state index is 13.1. The van der Waals surface area contributed by atoms with Crippen LogP contribution >= 0.6 is 11.3 Å². The van der Waals surface area contributed by atoms with Crippen LogP contribution in [0, 0.1) is 6.92 Å². The Morgan fingerprint density at radius 3 is 2.24 bits per heavy atom. The standard InChI is InChI=1S/C27H23N3O3S/c1-15-22(17(3)32)21(14-9-18-7-5-4-6-8-18)23-24(28)25(34-27(23)29-15)26(33)30-20-12-10-19(11-13-20)16(2)31/h4-14H,28H2,1-3H3,(H,30,33). The van der Waals surface area contributed by atoms with Gasteiger partial charge in [-0.2, -0.15) is 0 Å². The molecule has 2 heterocycles. The number of hydrogen-bond acceptors (Lipinski definition) is 6. The lowest BCUT2D eigenvalue weighted by molar-refractivity contribution is 0.100. The third kappa shape index (κ3) is 4.51. The van der Waals surface area contributed by atoms with Gasteiger partial charge in [0.15, 0.2) is 11.6 Å². The van der Waals surface area contributed by atoms with Crippen molar-refractivity contribution in [3.63, 3.8) is 0 Å². The highest BCUT2D eigenvalue weighted by Crippen LogP contribution is 2.38. The highest BCUT2D eigenvalue weighted by molar-refractivity contribution is 7.21. The Labute approximate surface area is 201 Å². The van der Waals surface area contributed by atoms with Gasteiger partial charge in [-0.3, -0.25) is 14.4 Å². The molecule has 0 unspecified atom stereocenters. The largest absolute Gasteiger partial charge is 0.397 e. The van der Waals surface area contributed by atoms with E-state index in [1.165, 1.54) is 25.2 Å². The number of nitrogen functional groups attached to an aromatic ring is 1. The number of hydrogen-bond donors (Lipinski definition) is 2. The van der Waals surface area contributed by atoms with E-state index in [0.29, 0.717) is 43.2 Å². The molecule has 34 heavy (non-hydrogen) atoms. The van der Waals surface area contributed by atoms with E-state index in [-0.39, 0.29) is 23.2 Å². The van der Waals surface area contributed by atoms with Gasteiger partial charge < -0.3 is 11.1 Å². The monoisotopic (exact) mass is 469 g/mol. The summed E-state index contributed by atoms with van der Waals surface area (Å²) in [4.78, 5) is 42.5. The molecule has 6 nitrogen and oxygen atoms in total. The number of benzene rings is 2. The Kier molecular flexibility index (Phi) is 6.38. The van der Waals surface area contributed by atoms with Crippen LogP contribution in [0.1, 0.15) is 61.1 Å². The van der Waals surface area contributed by atoms with E-state index in [1.54, 1.807) is 31.2 Å². The molecular formula is C27H23N3O3S. The minimum Gasteiger partial charge on any atom is -0.397 e. The summed E-state index contributed by atoms with van der Waals surface area (Å²) in [6, 6.07) is 16.4. The van der Waals surface area contributed by atoms with Gasteiger partial charge in [0.25, 0.3) is 5.91 Å². The molecule has 0 saturated carbocycles. The summed E-state index contributed by atoms with van der Waals surface area (Å²) in [7, 11) is 0. The topological polar surface area (TPSA) is 102 Å². The van der Waals surface area contributed by atoms with Gasteiger partial charge in [0.2, 0.25) is 0 Å². The maximum absolute atomic E-state index is 13.1. The molecular weight excluding hydrogens is 446 g/mol. The smallest absolute Gasteiger partial charge is 0.267 e. The number of carbonyl (C=O) groups is 3.